The number of ether oxygens (including phenoxy) is 1. The standard InChI is InChI=1S/C24H27N5O4/c1-32-19-5-2-17(3-6-19)16-29-22(30)8-11-28(24(29)31)23-20-14-18(4-7-21(20)33-26-23)15-27-12-9-25-10-13-27/h2-7,14,25H,8-13,15-16H2,1H3. The van der Waals surface area contributed by atoms with Gasteiger partial charge >= 0.3 is 6.03 Å². The molecule has 9 nitrogen and oxygen atoms in total. The van der Waals surface area contributed by atoms with E-state index in [4.69, 9.17) is 9.26 Å². The van der Waals surface area contributed by atoms with E-state index in [2.05, 4.69) is 15.4 Å². The molecule has 9 heteroatoms. The molecule has 2 aliphatic rings. The quantitative estimate of drug-likeness (QED) is 0.619. The molecule has 0 atom stereocenters. The van der Waals surface area contributed by atoms with Crippen LogP contribution in [-0.2, 0) is 17.9 Å². The molecule has 0 unspecified atom stereocenters. The Bertz CT molecular complexity index is 1150. The number of amides is 3. The predicted octanol–water partition coefficient (Wildman–Crippen LogP) is 2.60. The van der Waals surface area contributed by atoms with Gasteiger partial charge in [-0.15, -0.1) is 0 Å². The van der Waals surface area contributed by atoms with Crippen LogP contribution in [0, 0.1) is 0 Å². The fourth-order valence-corrected chi connectivity index (χ4v) is 4.35. The molecule has 0 bridgehead atoms. The first-order valence-corrected chi connectivity index (χ1v) is 11.2. The van der Waals surface area contributed by atoms with Crippen LogP contribution in [0.25, 0.3) is 11.0 Å². The van der Waals surface area contributed by atoms with Gasteiger partial charge in [-0.3, -0.25) is 19.5 Å². The molecule has 5 rings (SSSR count). The first-order chi connectivity index (χ1) is 16.1. The molecule has 2 aromatic carbocycles. The summed E-state index contributed by atoms with van der Waals surface area (Å²) in [6.07, 6.45) is 0.233. The van der Waals surface area contributed by atoms with Gasteiger partial charge in [0.25, 0.3) is 0 Å². The summed E-state index contributed by atoms with van der Waals surface area (Å²) in [5.74, 6) is 0.992. The normalized spacial score (nSPS) is 17.7. The lowest BCUT2D eigenvalue weighted by molar-refractivity contribution is -0.129. The SMILES string of the molecule is COc1ccc(CN2C(=O)CCN(c3noc4ccc(CN5CCNCC5)cc34)C2=O)cc1. The number of nitrogens with one attached hydrogen (secondary N) is 1. The van der Waals surface area contributed by atoms with Gasteiger partial charge in [0.1, 0.15) is 5.75 Å². The Hall–Kier alpha value is -3.43. The minimum atomic E-state index is -0.384. The van der Waals surface area contributed by atoms with E-state index in [1.165, 1.54) is 4.90 Å². The molecule has 2 fully saturated rings. The van der Waals surface area contributed by atoms with Gasteiger partial charge in [0, 0.05) is 45.7 Å². The number of rotatable bonds is 6. The monoisotopic (exact) mass is 449 g/mol. The summed E-state index contributed by atoms with van der Waals surface area (Å²) in [6, 6.07) is 12.9. The van der Waals surface area contributed by atoms with Crippen LogP contribution in [0.15, 0.2) is 47.0 Å². The maximum absolute atomic E-state index is 13.3. The predicted molar refractivity (Wildman–Crippen MR) is 123 cm³/mol. The molecule has 3 amide bonds. The van der Waals surface area contributed by atoms with Crippen LogP contribution in [-0.4, -0.2) is 66.7 Å². The van der Waals surface area contributed by atoms with Crippen LogP contribution in [0.1, 0.15) is 17.5 Å². The van der Waals surface area contributed by atoms with Crippen molar-refractivity contribution < 1.29 is 18.8 Å². The second-order valence-electron chi connectivity index (χ2n) is 8.38. The molecule has 172 valence electrons. The summed E-state index contributed by atoms with van der Waals surface area (Å²) in [6.45, 7) is 5.28. The first-order valence-electron chi connectivity index (χ1n) is 11.2. The number of benzene rings is 2. The Morgan fingerprint density at radius 2 is 1.76 bits per heavy atom. The minimum absolute atomic E-state index is 0.195. The van der Waals surface area contributed by atoms with Crippen LogP contribution >= 0.6 is 0 Å². The van der Waals surface area contributed by atoms with E-state index in [0.717, 1.165) is 55.0 Å². The molecule has 2 saturated heterocycles. The van der Waals surface area contributed by atoms with Crippen LogP contribution < -0.4 is 15.0 Å². The van der Waals surface area contributed by atoms with E-state index in [-0.39, 0.29) is 31.4 Å². The molecule has 0 saturated carbocycles. The Labute approximate surface area is 191 Å². The summed E-state index contributed by atoms with van der Waals surface area (Å²) < 4.78 is 10.7. The lowest BCUT2D eigenvalue weighted by atomic mass is 10.1. The van der Waals surface area contributed by atoms with Crippen molar-refractivity contribution in [3.8, 4) is 5.75 Å². The Balaban J connectivity index is 1.38. The van der Waals surface area contributed by atoms with E-state index >= 15 is 0 Å². The van der Waals surface area contributed by atoms with Crippen molar-refractivity contribution in [2.75, 3.05) is 44.7 Å². The van der Waals surface area contributed by atoms with Crippen molar-refractivity contribution in [1.82, 2.24) is 20.3 Å². The molecule has 0 aliphatic carbocycles. The molecule has 33 heavy (non-hydrogen) atoms. The number of carbonyl (C=O) groups is 2. The van der Waals surface area contributed by atoms with Gasteiger partial charge in [0.2, 0.25) is 5.91 Å². The third-order valence-corrected chi connectivity index (χ3v) is 6.20. The number of imide groups is 1. The van der Waals surface area contributed by atoms with Gasteiger partial charge < -0.3 is 14.6 Å². The highest BCUT2D eigenvalue weighted by Gasteiger charge is 2.35. The zero-order valence-corrected chi connectivity index (χ0v) is 18.6. The van der Waals surface area contributed by atoms with Crippen LogP contribution in [0.2, 0.25) is 0 Å². The molecule has 3 aromatic rings. The van der Waals surface area contributed by atoms with Crippen molar-refractivity contribution in [2.24, 2.45) is 0 Å². The van der Waals surface area contributed by atoms with Gasteiger partial charge in [0.15, 0.2) is 11.4 Å². The van der Waals surface area contributed by atoms with Gasteiger partial charge in [-0.25, -0.2) is 4.79 Å². The second kappa shape index (κ2) is 9.21. The number of hydrogen-bond acceptors (Lipinski definition) is 7. The van der Waals surface area contributed by atoms with Gasteiger partial charge in [-0.2, -0.15) is 0 Å². The molecule has 1 aromatic heterocycles. The summed E-state index contributed by atoms with van der Waals surface area (Å²) >= 11 is 0. The zero-order valence-electron chi connectivity index (χ0n) is 18.6. The molecular formula is C24H27N5O4. The maximum atomic E-state index is 13.3. The number of carbonyl (C=O) groups excluding carboxylic acids is 2. The van der Waals surface area contributed by atoms with Gasteiger partial charge in [-0.05, 0) is 35.4 Å². The van der Waals surface area contributed by atoms with E-state index in [0.29, 0.717) is 11.4 Å². The highest BCUT2D eigenvalue weighted by atomic mass is 16.5. The van der Waals surface area contributed by atoms with Crippen molar-refractivity contribution >= 4 is 28.7 Å². The van der Waals surface area contributed by atoms with Gasteiger partial charge in [-0.1, -0.05) is 23.4 Å². The first kappa shape index (κ1) is 21.4. The van der Waals surface area contributed by atoms with Crippen molar-refractivity contribution in [3.63, 3.8) is 0 Å². The molecular weight excluding hydrogens is 422 g/mol. The number of hydrogen-bond donors (Lipinski definition) is 1. The molecule has 0 radical (unpaired) electrons. The van der Waals surface area contributed by atoms with Crippen LogP contribution in [0.4, 0.5) is 10.6 Å². The Morgan fingerprint density at radius 1 is 1.00 bits per heavy atom. The van der Waals surface area contributed by atoms with Crippen molar-refractivity contribution in [2.45, 2.75) is 19.5 Å². The summed E-state index contributed by atoms with van der Waals surface area (Å²) in [5.41, 5.74) is 2.62. The number of piperazine rings is 1. The smallest absolute Gasteiger partial charge is 0.332 e. The molecule has 3 heterocycles. The number of anilines is 1. The van der Waals surface area contributed by atoms with Crippen LogP contribution in [0.3, 0.4) is 0 Å². The van der Waals surface area contributed by atoms with E-state index in [1.54, 1.807) is 12.0 Å². The Morgan fingerprint density at radius 3 is 2.52 bits per heavy atom. The highest BCUT2D eigenvalue weighted by Crippen LogP contribution is 2.30. The van der Waals surface area contributed by atoms with Crippen molar-refractivity contribution in [1.29, 1.82) is 0 Å². The topological polar surface area (TPSA) is 91.2 Å². The summed E-state index contributed by atoms with van der Waals surface area (Å²) in [5, 5.41) is 8.35. The van der Waals surface area contributed by atoms with Gasteiger partial charge in [0.05, 0.1) is 19.0 Å². The largest absolute Gasteiger partial charge is 0.497 e. The maximum Gasteiger partial charge on any atom is 0.332 e. The van der Waals surface area contributed by atoms with E-state index < -0.39 is 0 Å². The fraction of sp³-hybridized carbons (Fsp3) is 0.375. The number of aromatic nitrogens is 1. The second-order valence-corrected chi connectivity index (χ2v) is 8.38. The highest BCUT2D eigenvalue weighted by molar-refractivity contribution is 6.08. The average Bonchev–Trinajstić information content (AvgIpc) is 3.26. The summed E-state index contributed by atoms with van der Waals surface area (Å²) in [7, 11) is 1.60. The number of urea groups is 1. The molecule has 2 aliphatic heterocycles. The molecule has 0 spiro atoms. The number of fused-ring (bicyclic) bond motifs is 1. The Kier molecular flexibility index (Phi) is 5.97. The lowest BCUT2D eigenvalue weighted by Crippen LogP contribution is -2.52. The van der Waals surface area contributed by atoms with E-state index in [9.17, 15) is 9.59 Å². The number of methoxy groups -OCH3 is 1. The van der Waals surface area contributed by atoms with E-state index in [1.807, 2.05) is 42.5 Å². The zero-order chi connectivity index (χ0) is 22.8. The third kappa shape index (κ3) is 4.42. The number of nitrogens with zero attached hydrogens (tertiary/aromatic N) is 4. The van der Waals surface area contributed by atoms with Crippen molar-refractivity contribution in [3.05, 3.63) is 53.6 Å². The molecule has 1 N–H and O–H groups in total. The van der Waals surface area contributed by atoms with Crippen LogP contribution in [0.5, 0.6) is 5.75 Å². The summed E-state index contributed by atoms with van der Waals surface area (Å²) in [4.78, 5) is 31.1. The third-order valence-electron chi connectivity index (χ3n) is 6.20. The lowest BCUT2D eigenvalue weighted by Gasteiger charge is -2.33. The fourth-order valence-electron chi connectivity index (χ4n) is 4.35. The minimum Gasteiger partial charge on any atom is -0.497 e. The average molecular weight is 450 g/mol.